The number of aromatic nitrogens is 1. The molecule has 2 N–H and O–H groups in total. The maximum atomic E-state index is 10.9. The van der Waals surface area contributed by atoms with E-state index in [1.165, 1.54) is 0 Å². The van der Waals surface area contributed by atoms with E-state index in [2.05, 4.69) is 16.4 Å². The number of nitriles is 1. The van der Waals surface area contributed by atoms with Gasteiger partial charge in [-0.15, -0.1) is 0 Å². The second-order valence-corrected chi connectivity index (χ2v) is 3.22. The highest BCUT2D eigenvalue weighted by Crippen LogP contribution is 2.16. The van der Waals surface area contributed by atoms with Crippen molar-refractivity contribution < 1.29 is 4.42 Å². The van der Waals surface area contributed by atoms with Crippen LogP contribution in [0.4, 0.5) is 5.69 Å². The van der Waals surface area contributed by atoms with Crippen LogP contribution < -0.4 is 11.1 Å². The van der Waals surface area contributed by atoms with Crippen LogP contribution >= 0.6 is 0 Å². The molecule has 1 heterocycles. The van der Waals surface area contributed by atoms with Crippen LogP contribution in [0.5, 0.6) is 0 Å². The zero-order chi connectivity index (χ0) is 10.8. The summed E-state index contributed by atoms with van der Waals surface area (Å²) < 4.78 is 4.85. The molecule has 0 fully saturated rings. The summed E-state index contributed by atoms with van der Waals surface area (Å²) in [5.41, 5.74) is 1.90. The van der Waals surface area contributed by atoms with E-state index in [0.717, 1.165) is 5.69 Å². The fourth-order valence-corrected chi connectivity index (χ4v) is 1.32. The number of fused-ring (bicyclic) bond motifs is 1. The molecule has 1 aromatic carbocycles. The van der Waals surface area contributed by atoms with E-state index >= 15 is 0 Å². The topological polar surface area (TPSA) is 81.8 Å². The summed E-state index contributed by atoms with van der Waals surface area (Å²) in [7, 11) is 0. The molecule has 5 nitrogen and oxygen atoms in total. The van der Waals surface area contributed by atoms with Crippen molar-refractivity contribution in [1.82, 2.24) is 4.98 Å². The smallest absolute Gasteiger partial charge is 0.408 e. The standard InChI is InChI=1S/C10H9N3O2/c1-6(5-11)12-7-2-3-9-8(4-7)13-10(14)15-9/h2-4,6,12H,1H3,(H,13,14). The summed E-state index contributed by atoms with van der Waals surface area (Å²) in [6.07, 6.45) is 0. The number of anilines is 1. The first kappa shape index (κ1) is 9.34. The minimum atomic E-state index is -0.476. The third-order valence-corrected chi connectivity index (χ3v) is 2.00. The maximum Gasteiger partial charge on any atom is 0.417 e. The molecule has 0 aliphatic rings. The third-order valence-electron chi connectivity index (χ3n) is 2.00. The molecular formula is C10H9N3O2. The van der Waals surface area contributed by atoms with E-state index in [9.17, 15) is 4.79 Å². The lowest BCUT2D eigenvalue weighted by Gasteiger charge is -2.06. The van der Waals surface area contributed by atoms with Crippen molar-refractivity contribution in [2.24, 2.45) is 0 Å². The monoisotopic (exact) mass is 203 g/mol. The van der Waals surface area contributed by atoms with Gasteiger partial charge in [-0.1, -0.05) is 0 Å². The summed E-state index contributed by atoms with van der Waals surface area (Å²) >= 11 is 0. The highest BCUT2D eigenvalue weighted by Gasteiger charge is 2.03. The van der Waals surface area contributed by atoms with Crippen molar-refractivity contribution in [3.8, 4) is 6.07 Å². The van der Waals surface area contributed by atoms with E-state index < -0.39 is 5.76 Å². The molecule has 2 aromatic rings. The number of rotatable bonds is 2. The van der Waals surface area contributed by atoms with Gasteiger partial charge < -0.3 is 9.73 Å². The van der Waals surface area contributed by atoms with Crippen LogP contribution in [-0.4, -0.2) is 11.0 Å². The SMILES string of the molecule is CC(C#N)Nc1ccc2oc(=O)[nH]c2c1. The number of H-pyrrole nitrogens is 1. The molecule has 1 unspecified atom stereocenters. The van der Waals surface area contributed by atoms with Gasteiger partial charge in [-0.2, -0.15) is 5.26 Å². The van der Waals surface area contributed by atoms with Gasteiger partial charge in [0.2, 0.25) is 0 Å². The van der Waals surface area contributed by atoms with Gasteiger partial charge in [0.25, 0.3) is 0 Å². The van der Waals surface area contributed by atoms with E-state index in [-0.39, 0.29) is 6.04 Å². The lowest BCUT2D eigenvalue weighted by atomic mass is 10.2. The van der Waals surface area contributed by atoms with Gasteiger partial charge >= 0.3 is 5.76 Å². The molecule has 0 amide bonds. The van der Waals surface area contributed by atoms with Crippen molar-refractivity contribution in [2.75, 3.05) is 5.32 Å². The molecule has 76 valence electrons. The van der Waals surface area contributed by atoms with Gasteiger partial charge in [0, 0.05) is 5.69 Å². The molecule has 0 spiro atoms. The molecule has 2 rings (SSSR count). The Balaban J connectivity index is 2.39. The zero-order valence-electron chi connectivity index (χ0n) is 8.07. The number of hydrogen-bond acceptors (Lipinski definition) is 4. The quantitative estimate of drug-likeness (QED) is 0.773. The molecule has 15 heavy (non-hydrogen) atoms. The first-order chi connectivity index (χ1) is 7.19. The lowest BCUT2D eigenvalue weighted by Crippen LogP contribution is -2.11. The highest BCUT2D eigenvalue weighted by molar-refractivity contribution is 5.76. The van der Waals surface area contributed by atoms with Crippen LogP contribution in [0.15, 0.2) is 27.4 Å². The fourth-order valence-electron chi connectivity index (χ4n) is 1.32. The molecule has 5 heteroatoms. The van der Waals surface area contributed by atoms with Crippen molar-refractivity contribution in [2.45, 2.75) is 13.0 Å². The number of hydrogen-bond donors (Lipinski definition) is 2. The average molecular weight is 203 g/mol. The zero-order valence-corrected chi connectivity index (χ0v) is 8.07. The van der Waals surface area contributed by atoms with Gasteiger partial charge in [-0.25, -0.2) is 4.79 Å². The van der Waals surface area contributed by atoms with E-state index in [1.54, 1.807) is 25.1 Å². The first-order valence-electron chi connectivity index (χ1n) is 4.48. The number of benzene rings is 1. The van der Waals surface area contributed by atoms with E-state index in [1.807, 2.05) is 0 Å². The second-order valence-electron chi connectivity index (χ2n) is 3.22. The Morgan fingerprint density at radius 3 is 3.13 bits per heavy atom. The summed E-state index contributed by atoms with van der Waals surface area (Å²) in [5.74, 6) is -0.476. The van der Waals surface area contributed by atoms with Gasteiger partial charge in [-0.3, -0.25) is 4.98 Å². The largest absolute Gasteiger partial charge is 0.417 e. The minimum Gasteiger partial charge on any atom is -0.408 e. The second kappa shape index (κ2) is 3.50. The van der Waals surface area contributed by atoms with Crippen LogP contribution in [0.3, 0.4) is 0 Å². The summed E-state index contributed by atoms with van der Waals surface area (Å²) in [6.45, 7) is 1.75. The molecule has 0 aliphatic heterocycles. The fraction of sp³-hybridized carbons (Fsp3) is 0.200. The Hall–Kier alpha value is -2.22. The molecule has 0 radical (unpaired) electrons. The first-order valence-corrected chi connectivity index (χ1v) is 4.48. The molecule has 0 bridgehead atoms. The molecule has 0 aliphatic carbocycles. The Morgan fingerprint density at radius 2 is 2.40 bits per heavy atom. The molecule has 1 aromatic heterocycles. The molecule has 0 saturated carbocycles. The van der Waals surface area contributed by atoms with Crippen LogP contribution in [0.1, 0.15) is 6.92 Å². The Labute approximate surface area is 85.3 Å². The Kier molecular flexibility index (Phi) is 2.18. The summed E-state index contributed by atoms with van der Waals surface area (Å²) in [6, 6.07) is 6.95. The van der Waals surface area contributed by atoms with Gasteiger partial charge in [0.15, 0.2) is 5.58 Å². The summed E-state index contributed by atoms with van der Waals surface area (Å²) in [4.78, 5) is 13.4. The Bertz CT molecular complexity index is 576. The van der Waals surface area contributed by atoms with Gasteiger partial charge in [0.1, 0.15) is 6.04 Å². The minimum absolute atomic E-state index is 0.277. The van der Waals surface area contributed by atoms with Crippen molar-refractivity contribution in [3.05, 3.63) is 28.7 Å². The predicted molar refractivity (Wildman–Crippen MR) is 55.5 cm³/mol. The van der Waals surface area contributed by atoms with Gasteiger partial charge in [0.05, 0.1) is 11.6 Å². The van der Waals surface area contributed by atoms with Crippen molar-refractivity contribution in [3.63, 3.8) is 0 Å². The van der Waals surface area contributed by atoms with Crippen LogP contribution in [0.25, 0.3) is 11.1 Å². The maximum absolute atomic E-state index is 10.9. The summed E-state index contributed by atoms with van der Waals surface area (Å²) in [5, 5.41) is 11.6. The number of nitrogens with zero attached hydrogens (tertiary/aromatic N) is 1. The normalized spacial score (nSPS) is 12.3. The number of nitrogens with one attached hydrogen (secondary N) is 2. The van der Waals surface area contributed by atoms with Crippen LogP contribution in [0.2, 0.25) is 0 Å². The average Bonchev–Trinajstić information content (AvgIpc) is 2.57. The van der Waals surface area contributed by atoms with Crippen molar-refractivity contribution in [1.29, 1.82) is 5.26 Å². The molecule has 0 saturated heterocycles. The van der Waals surface area contributed by atoms with Crippen LogP contribution in [0, 0.1) is 11.3 Å². The van der Waals surface area contributed by atoms with Crippen molar-refractivity contribution >= 4 is 16.8 Å². The lowest BCUT2D eigenvalue weighted by molar-refractivity contribution is 0.555. The Morgan fingerprint density at radius 1 is 1.60 bits per heavy atom. The van der Waals surface area contributed by atoms with Crippen LogP contribution in [-0.2, 0) is 0 Å². The molecule has 1 atom stereocenters. The van der Waals surface area contributed by atoms with E-state index in [0.29, 0.717) is 11.1 Å². The highest BCUT2D eigenvalue weighted by atomic mass is 16.4. The van der Waals surface area contributed by atoms with Gasteiger partial charge in [-0.05, 0) is 25.1 Å². The van der Waals surface area contributed by atoms with E-state index in [4.69, 9.17) is 9.68 Å². The molecular weight excluding hydrogens is 194 g/mol. The third kappa shape index (κ3) is 1.83. The predicted octanol–water partition coefficient (Wildman–Crippen LogP) is 1.45. The number of aromatic amines is 1. The number of oxazole rings is 1.